The van der Waals surface area contributed by atoms with Crippen molar-refractivity contribution >= 4 is 5.91 Å². The van der Waals surface area contributed by atoms with Gasteiger partial charge in [-0.1, -0.05) is 13.8 Å². The number of carbonyl (C=O) groups is 1. The molecule has 1 amide bonds. The van der Waals surface area contributed by atoms with Crippen LogP contribution in [0.3, 0.4) is 0 Å². The summed E-state index contributed by atoms with van der Waals surface area (Å²) in [5, 5.41) is 3.41. The Morgan fingerprint density at radius 3 is 2.38 bits per heavy atom. The fourth-order valence-corrected chi connectivity index (χ4v) is 3.61. The first-order valence-electron chi connectivity index (χ1n) is 8.54. The van der Waals surface area contributed by atoms with Gasteiger partial charge in [-0.25, -0.2) is 0 Å². The Morgan fingerprint density at radius 1 is 1.24 bits per heavy atom. The fourth-order valence-electron chi connectivity index (χ4n) is 3.61. The minimum atomic E-state index is -0.666. The summed E-state index contributed by atoms with van der Waals surface area (Å²) in [7, 11) is 0. The molecule has 0 saturated heterocycles. The number of nitrogens with two attached hydrogens (primary N) is 1. The van der Waals surface area contributed by atoms with E-state index in [0.29, 0.717) is 18.4 Å². The van der Waals surface area contributed by atoms with Crippen LogP contribution in [0.4, 0.5) is 0 Å². The van der Waals surface area contributed by atoms with E-state index in [2.05, 4.69) is 33.0 Å². The van der Waals surface area contributed by atoms with Gasteiger partial charge in [-0.2, -0.15) is 0 Å². The quantitative estimate of drug-likeness (QED) is 0.758. The SMILES string of the molecule is CC(C)NC(COC1CCC(C)C(C)C1)(C(N)=O)C1CC1. The number of primary amides is 1. The van der Waals surface area contributed by atoms with Crippen molar-refractivity contribution in [3.05, 3.63) is 0 Å². The lowest BCUT2D eigenvalue weighted by molar-refractivity contribution is -0.131. The van der Waals surface area contributed by atoms with Crippen LogP contribution in [-0.2, 0) is 9.53 Å². The van der Waals surface area contributed by atoms with Crippen LogP contribution in [-0.4, -0.2) is 30.2 Å². The fraction of sp³-hybridized carbons (Fsp3) is 0.941. The molecular weight excluding hydrogens is 264 g/mol. The summed E-state index contributed by atoms with van der Waals surface area (Å²) in [5.41, 5.74) is 5.08. The van der Waals surface area contributed by atoms with Gasteiger partial charge in [-0.05, 0) is 63.7 Å². The van der Waals surface area contributed by atoms with Gasteiger partial charge in [0.2, 0.25) is 5.91 Å². The van der Waals surface area contributed by atoms with Crippen LogP contribution >= 0.6 is 0 Å². The molecule has 0 radical (unpaired) electrons. The number of carbonyl (C=O) groups excluding carboxylic acids is 1. The molecule has 2 aliphatic carbocycles. The number of ether oxygens (including phenoxy) is 1. The van der Waals surface area contributed by atoms with Crippen molar-refractivity contribution in [2.24, 2.45) is 23.5 Å². The largest absolute Gasteiger partial charge is 0.376 e. The van der Waals surface area contributed by atoms with Gasteiger partial charge in [-0.3, -0.25) is 10.1 Å². The first-order valence-corrected chi connectivity index (χ1v) is 8.54. The molecule has 2 saturated carbocycles. The minimum Gasteiger partial charge on any atom is -0.376 e. The second kappa shape index (κ2) is 6.66. The lowest BCUT2D eigenvalue weighted by atomic mass is 9.80. The zero-order valence-electron chi connectivity index (χ0n) is 14.0. The Labute approximate surface area is 129 Å². The van der Waals surface area contributed by atoms with E-state index in [1.807, 2.05) is 0 Å². The molecule has 4 unspecified atom stereocenters. The predicted octanol–water partition coefficient (Wildman–Crippen LogP) is 2.46. The van der Waals surface area contributed by atoms with Crippen molar-refractivity contribution in [3.63, 3.8) is 0 Å². The van der Waals surface area contributed by atoms with Gasteiger partial charge < -0.3 is 10.5 Å². The van der Waals surface area contributed by atoms with E-state index < -0.39 is 5.54 Å². The molecule has 0 aromatic heterocycles. The molecular formula is C17H32N2O2. The minimum absolute atomic E-state index is 0.229. The van der Waals surface area contributed by atoms with E-state index in [4.69, 9.17) is 10.5 Å². The summed E-state index contributed by atoms with van der Waals surface area (Å²) in [6.07, 6.45) is 5.85. The number of hydrogen-bond donors (Lipinski definition) is 2. The topological polar surface area (TPSA) is 64.3 Å². The molecule has 0 aliphatic heterocycles. The monoisotopic (exact) mass is 296 g/mol. The van der Waals surface area contributed by atoms with E-state index in [1.54, 1.807) is 0 Å². The molecule has 122 valence electrons. The standard InChI is InChI=1S/C17H32N2O2/c1-11(2)19-17(16(18)20,14-6-7-14)10-21-15-8-5-12(3)13(4)9-15/h11-15,19H,5-10H2,1-4H3,(H2,18,20). The van der Waals surface area contributed by atoms with Crippen LogP contribution in [0.2, 0.25) is 0 Å². The molecule has 2 rings (SSSR count). The predicted molar refractivity (Wildman–Crippen MR) is 84.8 cm³/mol. The Bertz CT molecular complexity index is 368. The van der Waals surface area contributed by atoms with Crippen molar-refractivity contribution < 1.29 is 9.53 Å². The van der Waals surface area contributed by atoms with Crippen LogP contribution in [0.1, 0.15) is 59.8 Å². The Kier molecular flexibility index (Phi) is 5.31. The molecule has 0 heterocycles. The summed E-state index contributed by atoms with van der Waals surface area (Å²) in [5.74, 6) is 1.57. The molecule has 0 bridgehead atoms. The number of nitrogens with one attached hydrogen (secondary N) is 1. The second-order valence-corrected chi connectivity index (χ2v) is 7.61. The normalized spacial score (nSPS) is 32.9. The van der Waals surface area contributed by atoms with Crippen molar-refractivity contribution in [1.82, 2.24) is 5.32 Å². The zero-order valence-corrected chi connectivity index (χ0v) is 14.0. The van der Waals surface area contributed by atoms with Gasteiger partial charge in [-0.15, -0.1) is 0 Å². The molecule has 2 fully saturated rings. The van der Waals surface area contributed by atoms with Crippen molar-refractivity contribution in [1.29, 1.82) is 0 Å². The van der Waals surface area contributed by atoms with Crippen LogP contribution in [0.25, 0.3) is 0 Å². The van der Waals surface area contributed by atoms with Gasteiger partial charge >= 0.3 is 0 Å². The third kappa shape index (κ3) is 3.98. The zero-order chi connectivity index (χ0) is 15.6. The molecule has 0 aromatic carbocycles. The highest BCUT2D eigenvalue weighted by molar-refractivity contribution is 5.85. The molecule has 4 atom stereocenters. The van der Waals surface area contributed by atoms with Crippen LogP contribution < -0.4 is 11.1 Å². The summed E-state index contributed by atoms with van der Waals surface area (Å²) in [6.45, 7) is 9.17. The molecule has 0 aromatic rings. The van der Waals surface area contributed by atoms with Gasteiger partial charge in [0.1, 0.15) is 5.54 Å². The molecule has 0 spiro atoms. The maximum absolute atomic E-state index is 12.1. The third-order valence-corrected chi connectivity index (χ3v) is 5.36. The van der Waals surface area contributed by atoms with Gasteiger partial charge in [0.25, 0.3) is 0 Å². The Hall–Kier alpha value is -0.610. The van der Waals surface area contributed by atoms with E-state index >= 15 is 0 Å². The van der Waals surface area contributed by atoms with E-state index in [1.165, 1.54) is 6.42 Å². The Balaban J connectivity index is 1.97. The highest BCUT2D eigenvalue weighted by Crippen LogP contribution is 2.41. The first kappa shape index (κ1) is 16.8. The highest BCUT2D eigenvalue weighted by atomic mass is 16.5. The van der Waals surface area contributed by atoms with Crippen molar-refractivity contribution in [3.8, 4) is 0 Å². The third-order valence-electron chi connectivity index (χ3n) is 5.36. The lowest BCUT2D eigenvalue weighted by Gasteiger charge is -2.37. The van der Waals surface area contributed by atoms with E-state index in [-0.39, 0.29) is 18.1 Å². The maximum Gasteiger partial charge on any atom is 0.240 e. The van der Waals surface area contributed by atoms with E-state index in [9.17, 15) is 4.79 Å². The van der Waals surface area contributed by atoms with Gasteiger partial charge in [0.15, 0.2) is 0 Å². The molecule has 21 heavy (non-hydrogen) atoms. The van der Waals surface area contributed by atoms with Gasteiger partial charge in [0.05, 0.1) is 12.7 Å². The lowest BCUT2D eigenvalue weighted by Crippen LogP contribution is -2.62. The smallest absolute Gasteiger partial charge is 0.240 e. The van der Waals surface area contributed by atoms with Gasteiger partial charge in [0, 0.05) is 6.04 Å². The van der Waals surface area contributed by atoms with Crippen molar-refractivity contribution in [2.75, 3.05) is 6.61 Å². The summed E-state index contributed by atoms with van der Waals surface area (Å²) >= 11 is 0. The summed E-state index contributed by atoms with van der Waals surface area (Å²) in [4.78, 5) is 12.1. The average Bonchev–Trinajstić information content (AvgIpc) is 3.22. The molecule has 4 heteroatoms. The number of amides is 1. The molecule has 2 aliphatic rings. The highest BCUT2D eigenvalue weighted by Gasteiger charge is 2.50. The van der Waals surface area contributed by atoms with Crippen LogP contribution in [0.5, 0.6) is 0 Å². The Morgan fingerprint density at radius 2 is 1.90 bits per heavy atom. The molecule has 4 nitrogen and oxygen atoms in total. The summed E-state index contributed by atoms with van der Waals surface area (Å²) < 4.78 is 6.17. The molecule has 3 N–H and O–H groups in total. The van der Waals surface area contributed by atoms with Crippen molar-refractivity contribution in [2.45, 2.75) is 77.5 Å². The maximum atomic E-state index is 12.1. The van der Waals surface area contributed by atoms with Crippen LogP contribution in [0, 0.1) is 17.8 Å². The first-order chi connectivity index (χ1) is 9.85. The number of hydrogen-bond acceptors (Lipinski definition) is 3. The summed E-state index contributed by atoms with van der Waals surface area (Å²) in [6, 6.07) is 0.229. The second-order valence-electron chi connectivity index (χ2n) is 7.61. The average molecular weight is 296 g/mol. The van der Waals surface area contributed by atoms with E-state index in [0.717, 1.165) is 31.6 Å². The number of rotatable bonds is 7. The van der Waals surface area contributed by atoms with Crippen LogP contribution in [0.15, 0.2) is 0 Å².